The van der Waals surface area contributed by atoms with Gasteiger partial charge in [-0.3, -0.25) is 0 Å². The summed E-state index contributed by atoms with van der Waals surface area (Å²) in [6.45, 7) is 0.571. The standard InChI is InChI=1S/C14H22N2O4S/c1-16(9-12-4-3-5-13(8-12)20-2)21(18,19)15-10-14(11-17)6-7-14/h3-5,8,15,17H,6-7,9-11H2,1-2H3. The second kappa shape index (κ2) is 6.31. The number of hydrogen-bond donors (Lipinski definition) is 2. The first-order valence-corrected chi connectivity index (χ1v) is 8.29. The molecule has 6 nitrogen and oxygen atoms in total. The van der Waals surface area contributed by atoms with Crippen LogP contribution < -0.4 is 9.46 Å². The average Bonchev–Trinajstić information content (AvgIpc) is 3.26. The van der Waals surface area contributed by atoms with Crippen molar-refractivity contribution in [2.45, 2.75) is 19.4 Å². The lowest BCUT2D eigenvalue weighted by Gasteiger charge is -2.20. The minimum absolute atomic E-state index is 0.0229. The Morgan fingerprint density at radius 3 is 2.71 bits per heavy atom. The van der Waals surface area contributed by atoms with Crippen molar-refractivity contribution in [1.82, 2.24) is 9.03 Å². The number of methoxy groups -OCH3 is 1. The van der Waals surface area contributed by atoms with E-state index in [0.717, 1.165) is 18.4 Å². The molecule has 0 atom stereocenters. The SMILES string of the molecule is COc1cccc(CN(C)S(=O)(=O)NCC2(CO)CC2)c1. The van der Waals surface area contributed by atoms with Gasteiger partial charge in [0.25, 0.3) is 10.2 Å². The monoisotopic (exact) mass is 314 g/mol. The van der Waals surface area contributed by atoms with E-state index in [1.807, 2.05) is 24.3 Å². The average molecular weight is 314 g/mol. The maximum Gasteiger partial charge on any atom is 0.279 e. The smallest absolute Gasteiger partial charge is 0.279 e. The minimum atomic E-state index is -3.55. The molecular weight excluding hydrogens is 292 g/mol. The molecule has 2 rings (SSSR count). The molecule has 1 aliphatic rings. The van der Waals surface area contributed by atoms with Gasteiger partial charge in [0.2, 0.25) is 0 Å². The largest absolute Gasteiger partial charge is 0.497 e. The van der Waals surface area contributed by atoms with Crippen molar-refractivity contribution in [2.75, 3.05) is 27.3 Å². The summed E-state index contributed by atoms with van der Waals surface area (Å²) in [5, 5.41) is 9.22. The molecule has 1 aliphatic carbocycles. The van der Waals surface area contributed by atoms with Crippen LogP contribution in [-0.4, -0.2) is 45.1 Å². The topological polar surface area (TPSA) is 78.9 Å². The highest BCUT2D eigenvalue weighted by atomic mass is 32.2. The predicted octanol–water partition coefficient (Wildman–Crippen LogP) is 0.734. The molecule has 0 bridgehead atoms. The second-order valence-electron chi connectivity index (χ2n) is 5.59. The van der Waals surface area contributed by atoms with E-state index in [0.29, 0.717) is 5.75 Å². The third-order valence-electron chi connectivity index (χ3n) is 3.87. The summed E-state index contributed by atoms with van der Waals surface area (Å²) in [6.07, 6.45) is 1.73. The van der Waals surface area contributed by atoms with Gasteiger partial charge in [-0.2, -0.15) is 12.7 Å². The molecule has 0 amide bonds. The molecule has 0 spiro atoms. The van der Waals surface area contributed by atoms with Gasteiger partial charge in [0.15, 0.2) is 0 Å². The number of rotatable bonds is 8. The van der Waals surface area contributed by atoms with Gasteiger partial charge in [-0.25, -0.2) is 4.72 Å². The van der Waals surface area contributed by atoms with Crippen LogP contribution in [0.3, 0.4) is 0 Å². The Hall–Kier alpha value is -1.15. The molecule has 0 heterocycles. The number of nitrogens with one attached hydrogen (secondary N) is 1. The first kappa shape index (κ1) is 16.2. The van der Waals surface area contributed by atoms with E-state index in [2.05, 4.69) is 4.72 Å². The Bertz CT molecular complexity index is 584. The predicted molar refractivity (Wildman–Crippen MR) is 80.1 cm³/mol. The zero-order valence-electron chi connectivity index (χ0n) is 12.4. The van der Waals surface area contributed by atoms with Crippen LogP contribution >= 0.6 is 0 Å². The Morgan fingerprint density at radius 1 is 1.43 bits per heavy atom. The van der Waals surface area contributed by atoms with Crippen LogP contribution in [0.15, 0.2) is 24.3 Å². The maximum absolute atomic E-state index is 12.2. The van der Waals surface area contributed by atoms with Gasteiger partial charge < -0.3 is 9.84 Å². The van der Waals surface area contributed by atoms with Gasteiger partial charge in [-0.1, -0.05) is 12.1 Å². The normalized spacial score (nSPS) is 17.0. The molecular formula is C14H22N2O4S. The summed E-state index contributed by atoms with van der Waals surface area (Å²) in [5.74, 6) is 0.698. The summed E-state index contributed by atoms with van der Waals surface area (Å²) < 4.78 is 33.3. The molecule has 1 aromatic carbocycles. The van der Waals surface area contributed by atoms with Crippen LogP contribution in [0.2, 0.25) is 0 Å². The van der Waals surface area contributed by atoms with E-state index in [-0.39, 0.29) is 25.1 Å². The Balaban J connectivity index is 1.95. The van der Waals surface area contributed by atoms with Crippen molar-refractivity contribution in [3.63, 3.8) is 0 Å². The van der Waals surface area contributed by atoms with Gasteiger partial charge in [0.05, 0.1) is 7.11 Å². The van der Waals surface area contributed by atoms with Crippen molar-refractivity contribution >= 4 is 10.2 Å². The zero-order valence-corrected chi connectivity index (χ0v) is 13.2. The lowest BCUT2D eigenvalue weighted by atomic mass is 10.1. The maximum atomic E-state index is 12.2. The molecule has 0 aromatic heterocycles. The lowest BCUT2D eigenvalue weighted by molar-refractivity contribution is 0.212. The number of hydrogen-bond acceptors (Lipinski definition) is 4. The van der Waals surface area contributed by atoms with E-state index in [1.165, 1.54) is 11.4 Å². The molecule has 1 saturated carbocycles. The number of aliphatic hydroxyl groups is 1. The molecule has 21 heavy (non-hydrogen) atoms. The van der Waals surface area contributed by atoms with Crippen LogP contribution in [0, 0.1) is 5.41 Å². The second-order valence-corrected chi connectivity index (χ2v) is 7.45. The quantitative estimate of drug-likeness (QED) is 0.741. The molecule has 0 aliphatic heterocycles. The summed E-state index contributed by atoms with van der Waals surface area (Å²) in [7, 11) is -0.447. The van der Waals surface area contributed by atoms with Crippen LogP contribution in [-0.2, 0) is 16.8 Å². The Kier molecular flexibility index (Phi) is 4.88. The summed E-state index contributed by atoms with van der Waals surface area (Å²) in [5.41, 5.74) is 0.606. The molecule has 118 valence electrons. The highest BCUT2D eigenvalue weighted by molar-refractivity contribution is 7.87. The van der Waals surface area contributed by atoms with Crippen LogP contribution in [0.25, 0.3) is 0 Å². The lowest BCUT2D eigenvalue weighted by Crippen LogP contribution is -2.41. The summed E-state index contributed by atoms with van der Waals surface area (Å²) in [6, 6.07) is 7.30. The van der Waals surface area contributed by atoms with Crippen LogP contribution in [0.1, 0.15) is 18.4 Å². The number of ether oxygens (including phenoxy) is 1. The van der Waals surface area contributed by atoms with E-state index in [9.17, 15) is 13.5 Å². The van der Waals surface area contributed by atoms with Gasteiger partial charge in [-0.05, 0) is 30.5 Å². The van der Waals surface area contributed by atoms with Gasteiger partial charge >= 0.3 is 0 Å². The Morgan fingerprint density at radius 2 is 2.14 bits per heavy atom. The van der Waals surface area contributed by atoms with Gasteiger partial charge in [0.1, 0.15) is 5.75 Å². The fourth-order valence-electron chi connectivity index (χ4n) is 2.03. The van der Waals surface area contributed by atoms with Crippen molar-refractivity contribution in [2.24, 2.45) is 5.41 Å². The number of nitrogens with zero attached hydrogens (tertiary/aromatic N) is 1. The van der Waals surface area contributed by atoms with E-state index < -0.39 is 10.2 Å². The molecule has 0 unspecified atom stereocenters. The summed E-state index contributed by atoms with van der Waals surface area (Å²) >= 11 is 0. The van der Waals surface area contributed by atoms with E-state index >= 15 is 0 Å². The highest BCUT2D eigenvalue weighted by Gasteiger charge is 2.42. The van der Waals surface area contributed by atoms with Crippen molar-refractivity contribution in [1.29, 1.82) is 0 Å². The highest BCUT2D eigenvalue weighted by Crippen LogP contribution is 2.44. The first-order valence-electron chi connectivity index (χ1n) is 6.85. The zero-order chi connectivity index (χ0) is 15.5. The number of benzene rings is 1. The van der Waals surface area contributed by atoms with E-state index in [4.69, 9.17) is 4.74 Å². The molecule has 1 fully saturated rings. The fourth-order valence-corrected chi connectivity index (χ4v) is 3.06. The van der Waals surface area contributed by atoms with Gasteiger partial charge in [-0.15, -0.1) is 0 Å². The Labute approximate surface area is 125 Å². The van der Waals surface area contributed by atoms with Crippen molar-refractivity contribution in [3.8, 4) is 5.75 Å². The minimum Gasteiger partial charge on any atom is -0.497 e. The summed E-state index contributed by atoms with van der Waals surface area (Å²) in [4.78, 5) is 0. The molecule has 0 saturated heterocycles. The fraction of sp³-hybridized carbons (Fsp3) is 0.571. The third-order valence-corrected chi connectivity index (χ3v) is 5.33. The number of aliphatic hydroxyl groups excluding tert-OH is 1. The molecule has 7 heteroatoms. The van der Waals surface area contributed by atoms with Crippen molar-refractivity contribution < 1.29 is 18.3 Å². The van der Waals surface area contributed by atoms with Crippen molar-refractivity contribution in [3.05, 3.63) is 29.8 Å². The third kappa shape index (κ3) is 4.16. The van der Waals surface area contributed by atoms with Gasteiger partial charge in [0, 0.05) is 32.2 Å². The molecule has 2 N–H and O–H groups in total. The van der Waals surface area contributed by atoms with Crippen LogP contribution in [0.4, 0.5) is 0 Å². The molecule has 0 radical (unpaired) electrons. The first-order chi connectivity index (χ1) is 9.91. The molecule has 1 aromatic rings. The van der Waals surface area contributed by atoms with Crippen LogP contribution in [0.5, 0.6) is 5.75 Å². The van der Waals surface area contributed by atoms with E-state index in [1.54, 1.807) is 7.11 Å².